The van der Waals surface area contributed by atoms with E-state index < -0.39 is 0 Å². The van der Waals surface area contributed by atoms with Crippen LogP contribution in [0.3, 0.4) is 0 Å². The molecule has 3 heterocycles. The maximum atomic E-state index is 6.07. The van der Waals surface area contributed by atoms with Crippen molar-refractivity contribution in [2.75, 3.05) is 0 Å². The van der Waals surface area contributed by atoms with Gasteiger partial charge in [-0.05, 0) is 43.2 Å². The molecule has 0 bridgehead atoms. The van der Waals surface area contributed by atoms with Gasteiger partial charge in [-0.25, -0.2) is 4.98 Å². The van der Waals surface area contributed by atoms with Crippen molar-refractivity contribution in [2.24, 2.45) is 7.05 Å². The van der Waals surface area contributed by atoms with E-state index in [-0.39, 0.29) is 0 Å². The monoisotopic (exact) mass is 339 g/mol. The molecule has 0 saturated carbocycles. The van der Waals surface area contributed by atoms with Crippen LogP contribution in [0.25, 0.3) is 44.2 Å². The van der Waals surface area contributed by atoms with Crippen LogP contribution in [-0.2, 0) is 7.05 Å². The number of rotatable bonds is 1. The fourth-order valence-electron chi connectivity index (χ4n) is 3.68. The van der Waals surface area contributed by atoms with E-state index in [0.29, 0.717) is 5.71 Å². The topological polar surface area (TPSA) is 29.9 Å². The van der Waals surface area contributed by atoms with Gasteiger partial charge in [0.2, 0.25) is 23.2 Å². The van der Waals surface area contributed by atoms with Crippen LogP contribution in [0.15, 0.2) is 65.2 Å². The molecule has 5 aromatic rings. The van der Waals surface area contributed by atoms with E-state index in [1.54, 1.807) is 0 Å². The number of aromatic nitrogens is 2. The summed E-state index contributed by atoms with van der Waals surface area (Å²) in [5.74, 6) is 0. The molecule has 0 saturated heterocycles. The van der Waals surface area contributed by atoms with Gasteiger partial charge >= 0.3 is 0 Å². The Morgan fingerprint density at radius 1 is 0.923 bits per heavy atom. The number of aryl methyl sites for hydroxylation is 3. The normalized spacial score (nSPS) is 11.7. The molecule has 5 rings (SSSR count). The van der Waals surface area contributed by atoms with Crippen molar-refractivity contribution < 1.29 is 8.98 Å². The third-order valence-corrected chi connectivity index (χ3v) is 5.09. The lowest BCUT2D eigenvalue weighted by Crippen LogP contribution is -2.30. The Morgan fingerprint density at radius 3 is 2.62 bits per heavy atom. The number of fused-ring (bicyclic) bond motifs is 4. The zero-order valence-electron chi connectivity index (χ0n) is 15.1. The van der Waals surface area contributed by atoms with Gasteiger partial charge in [-0.2, -0.15) is 4.57 Å². The highest BCUT2D eigenvalue weighted by Crippen LogP contribution is 2.32. The van der Waals surface area contributed by atoms with Gasteiger partial charge < -0.3 is 4.42 Å². The lowest BCUT2D eigenvalue weighted by Gasteiger charge is -2.04. The predicted molar refractivity (Wildman–Crippen MR) is 105 cm³/mol. The second-order valence-electron chi connectivity index (χ2n) is 7.00. The van der Waals surface area contributed by atoms with E-state index in [4.69, 9.17) is 9.40 Å². The molecule has 26 heavy (non-hydrogen) atoms. The Hall–Kier alpha value is -3.20. The minimum absolute atomic E-state index is 0.694. The van der Waals surface area contributed by atoms with Crippen LogP contribution >= 0.6 is 0 Å². The Kier molecular flexibility index (Phi) is 3.13. The van der Waals surface area contributed by atoms with Crippen LogP contribution in [-0.4, -0.2) is 4.98 Å². The molecule has 3 aromatic heterocycles. The van der Waals surface area contributed by atoms with Crippen LogP contribution in [0, 0.1) is 13.8 Å². The number of furan rings is 1. The van der Waals surface area contributed by atoms with Crippen LogP contribution in [0.1, 0.15) is 11.1 Å². The Balaban J connectivity index is 1.85. The highest BCUT2D eigenvalue weighted by molar-refractivity contribution is 6.07. The summed E-state index contributed by atoms with van der Waals surface area (Å²) in [5, 5.41) is 3.30. The van der Waals surface area contributed by atoms with Gasteiger partial charge in [0.15, 0.2) is 0 Å². The number of pyridine rings is 2. The first-order chi connectivity index (χ1) is 12.6. The maximum absolute atomic E-state index is 6.07. The third-order valence-electron chi connectivity index (χ3n) is 5.09. The van der Waals surface area contributed by atoms with Gasteiger partial charge in [-0.3, -0.25) is 0 Å². The minimum atomic E-state index is 0.694. The van der Waals surface area contributed by atoms with E-state index in [1.807, 2.05) is 0 Å². The molecule has 0 aliphatic carbocycles. The lowest BCUT2D eigenvalue weighted by atomic mass is 10.0. The largest absolute Gasteiger partial charge is 0.431 e. The quantitative estimate of drug-likeness (QED) is 0.391. The molecule has 3 heteroatoms. The van der Waals surface area contributed by atoms with Gasteiger partial charge in [0.05, 0.1) is 5.52 Å². The Morgan fingerprint density at radius 2 is 1.77 bits per heavy atom. The molecule has 0 atom stereocenters. The first kappa shape index (κ1) is 15.1. The van der Waals surface area contributed by atoms with Gasteiger partial charge in [0.1, 0.15) is 7.05 Å². The highest BCUT2D eigenvalue weighted by Gasteiger charge is 2.18. The van der Waals surface area contributed by atoms with Gasteiger partial charge in [-0.1, -0.05) is 30.3 Å². The van der Waals surface area contributed by atoms with Gasteiger partial charge in [0.25, 0.3) is 0 Å². The molecule has 0 aliphatic heterocycles. The van der Waals surface area contributed by atoms with Gasteiger partial charge in [-0.15, -0.1) is 0 Å². The van der Waals surface area contributed by atoms with Crippen molar-refractivity contribution in [3.05, 3.63) is 71.9 Å². The summed E-state index contributed by atoms with van der Waals surface area (Å²) in [7, 11) is 2.06. The van der Waals surface area contributed by atoms with E-state index in [2.05, 4.69) is 86.3 Å². The second kappa shape index (κ2) is 5.40. The van der Waals surface area contributed by atoms with E-state index in [1.165, 1.54) is 22.4 Å². The molecule has 0 N–H and O–H groups in total. The van der Waals surface area contributed by atoms with Crippen LogP contribution in [0.5, 0.6) is 0 Å². The molecule has 3 nitrogen and oxygen atoms in total. The summed E-state index contributed by atoms with van der Waals surface area (Å²) in [6.07, 6.45) is 2.05. The zero-order valence-corrected chi connectivity index (χ0v) is 15.1. The fourth-order valence-corrected chi connectivity index (χ4v) is 3.68. The number of hydrogen-bond acceptors (Lipinski definition) is 2. The first-order valence-corrected chi connectivity index (χ1v) is 8.79. The van der Waals surface area contributed by atoms with Gasteiger partial charge in [0, 0.05) is 27.8 Å². The fraction of sp³-hybridized carbons (Fsp3) is 0.130. The summed E-state index contributed by atoms with van der Waals surface area (Å²) in [6.45, 7) is 4.23. The van der Waals surface area contributed by atoms with E-state index in [0.717, 1.165) is 27.3 Å². The standard InChI is InChI=1S/C23H19N2O/c1-14-8-9-16-11-19-18-12-21(17-7-5-4-6-15(17)2)25(3)13-22(18)26-23(19)24-20(16)10-14/h4-13H,1-3H3/q+1. The summed E-state index contributed by atoms with van der Waals surface area (Å²) >= 11 is 0. The van der Waals surface area contributed by atoms with Crippen molar-refractivity contribution in [2.45, 2.75) is 13.8 Å². The van der Waals surface area contributed by atoms with E-state index >= 15 is 0 Å². The highest BCUT2D eigenvalue weighted by atomic mass is 16.3. The average Bonchev–Trinajstić information content (AvgIpc) is 2.95. The molecule has 0 amide bonds. The maximum Gasteiger partial charge on any atom is 0.228 e. The van der Waals surface area contributed by atoms with Crippen molar-refractivity contribution >= 4 is 33.0 Å². The minimum Gasteiger partial charge on any atom is -0.431 e. The van der Waals surface area contributed by atoms with Crippen molar-refractivity contribution in [3.63, 3.8) is 0 Å². The molecule has 0 aliphatic rings. The summed E-state index contributed by atoms with van der Waals surface area (Å²) in [4.78, 5) is 4.75. The van der Waals surface area contributed by atoms with E-state index in [9.17, 15) is 0 Å². The second-order valence-corrected chi connectivity index (χ2v) is 7.00. The smallest absolute Gasteiger partial charge is 0.228 e. The molecule has 2 aromatic carbocycles. The van der Waals surface area contributed by atoms with Crippen LogP contribution < -0.4 is 4.57 Å². The molecular formula is C23H19N2O+. The predicted octanol–water partition coefficient (Wildman–Crippen LogP) is 5.24. The summed E-state index contributed by atoms with van der Waals surface area (Å²) in [5.41, 5.74) is 7.39. The SMILES string of the molecule is Cc1ccc2cc3c(nc2c1)oc1c[n+](C)c(-c2ccccc2C)cc13. The molecule has 126 valence electrons. The Labute approximate surface area is 151 Å². The number of hydrogen-bond donors (Lipinski definition) is 0. The molecular weight excluding hydrogens is 320 g/mol. The summed E-state index contributed by atoms with van der Waals surface area (Å²) in [6, 6.07) is 19.2. The number of nitrogens with zero attached hydrogens (tertiary/aromatic N) is 2. The molecule has 0 spiro atoms. The third kappa shape index (κ3) is 2.21. The Bertz CT molecular complexity index is 1310. The first-order valence-electron chi connectivity index (χ1n) is 8.79. The molecule has 0 unspecified atom stereocenters. The number of benzene rings is 2. The lowest BCUT2D eigenvalue weighted by molar-refractivity contribution is -0.659. The van der Waals surface area contributed by atoms with Crippen molar-refractivity contribution in [1.82, 2.24) is 4.98 Å². The van der Waals surface area contributed by atoms with Crippen molar-refractivity contribution in [1.29, 1.82) is 0 Å². The molecule has 0 radical (unpaired) electrons. The summed E-state index contributed by atoms with van der Waals surface area (Å²) < 4.78 is 8.19. The molecule has 0 fully saturated rings. The van der Waals surface area contributed by atoms with Crippen LogP contribution in [0.2, 0.25) is 0 Å². The zero-order chi connectivity index (χ0) is 17.8. The average molecular weight is 339 g/mol. The van der Waals surface area contributed by atoms with Crippen molar-refractivity contribution in [3.8, 4) is 11.3 Å². The van der Waals surface area contributed by atoms with Crippen LogP contribution in [0.4, 0.5) is 0 Å².